The van der Waals surface area contributed by atoms with Crippen molar-refractivity contribution in [1.29, 1.82) is 0 Å². The molecule has 5 atom stereocenters. The number of nitrogens with one attached hydrogen (secondary N) is 2. The number of ether oxygens (including phenoxy) is 6. The lowest BCUT2D eigenvalue weighted by molar-refractivity contribution is -0.0907. The van der Waals surface area contributed by atoms with E-state index in [1.807, 2.05) is 12.1 Å². The lowest BCUT2D eigenvalue weighted by Crippen LogP contribution is -2.50. The summed E-state index contributed by atoms with van der Waals surface area (Å²) in [5.74, 6) is 2.04. The molecule has 15 nitrogen and oxygen atoms in total. The van der Waals surface area contributed by atoms with Gasteiger partial charge in [0, 0.05) is 18.9 Å². The number of carbonyl (C=O) groups is 1. The Kier molecular flexibility index (Phi) is 15.4. The molecule has 2 aromatic rings. The number of carbonyl (C=O) groups excluding carboxylic acids is 1. The molecule has 3 aliphatic rings. The number of alkyl carbamates (subject to hydrolysis) is 1. The molecule has 51 heavy (non-hydrogen) atoms. The van der Waals surface area contributed by atoms with Gasteiger partial charge in [-0.15, -0.1) is 0 Å². The lowest BCUT2D eigenvalue weighted by atomic mass is 10.0. The Morgan fingerprint density at radius 1 is 1.02 bits per heavy atom. The Morgan fingerprint density at radius 3 is 2.39 bits per heavy atom. The third-order valence-electron chi connectivity index (χ3n) is 8.11. The Bertz CT molecular complexity index is 1550. The van der Waals surface area contributed by atoms with Gasteiger partial charge in [0.1, 0.15) is 11.9 Å². The van der Waals surface area contributed by atoms with Crippen LogP contribution in [-0.2, 0) is 44.1 Å². The normalized spacial score (nSPS) is 20.6. The smallest absolute Gasteiger partial charge is 0.407 e. The first kappa shape index (κ1) is 40.8. The van der Waals surface area contributed by atoms with E-state index in [0.717, 1.165) is 24.8 Å². The SMILES string of the molecule is CCOP(=O)(COc1ccc(C[C@H](NC(=O)O[C@H]2CO[C@H]3OCC[C@H]32)[C@H](O)CNCC(C)C)cc1)OCC.CS(=O)(=O)c1ccc2c(c1)OCO2. The molecule has 1 amide bonds. The van der Waals surface area contributed by atoms with Gasteiger partial charge in [-0.1, -0.05) is 26.0 Å². The van der Waals surface area contributed by atoms with E-state index in [1.54, 1.807) is 32.0 Å². The Hall–Kier alpha value is -2.95. The van der Waals surface area contributed by atoms with Crippen molar-refractivity contribution in [2.45, 2.75) is 70.0 Å². The molecule has 2 saturated heterocycles. The number of hydrogen-bond donors (Lipinski definition) is 3. The van der Waals surface area contributed by atoms with Gasteiger partial charge in [-0.25, -0.2) is 13.2 Å². The summed E-state index contributed by atoms with van der Waals surface area (Å²) >= 11 is 0. The molecule has 0 unspecified atom stereocenters. The van der Waals surface area contributed by atoms with E-state index in [0.29, 0.717) is 49.3 Å². The first-order chi connectivity index (χ1) is 24.3. The van der Waals surface area contributed by atoms with Crippen LogP contribution in [0.15, 0.2) is 47.4 Å². The monoisotopic (exact) mass is 758 g/mol. The number of aliphatic hydroxyl groups excluding tert-OH is 1. The van der Waals surface area contributed by atoms with Gasteiger partial charge >= 0.3 is 13.7 Å². The van der Waals surface area contributed by atoms with Crippen molar-refractivity contribution in [2.24, 2.45) is 11.8 Å². The first-order valence-corrected chi connectivity index (χ1v) is 20.7. The molecule has 17 heteroatoms. The minimum atomic E-state index is -3.33. The number of sulfone groups is 1. The standard InChI is InChI=1S/C26H43N2O9P.C8H8O4S/c1-5-35-38(31,36-6-2)17-34-20-9-7-19(8-10-20)13-22(23(29)15-27-14-18(3)4)28-26(30)37-24-16-33-25-21(24)11-12-32-25;1-13(9,10)6-2-3-7-8(4-6)12-5-11-7/h7-10,18,21-25,27,29H,5-6,11-17H2,1-4H3,(H,28,30);2-4H,5H2,1H3/t21-,22-,23+,24-,25+;/m0./s1. The van der Waals surface area contributed by atoms with Crippen molar-refractivity contribution < 1.29 is 60.4 Å². The second-order valence-corrected chi connectivity index (χ2v) is 16.7. The maximum Gasteiger partial charge on any atom is 0.407 e. The highest BCUT2D eigenvalue weighted by Gasteiger charge is 2.44. The summed E-state index contributed by atoms with van der Waals surface area (Å²) in [6, 6.07) is 11.1. The minimum Gasteiger partial charge on any atom is -0.481 e. The quantitative estimate of drug-likeness (QED) is 0.196. The van der Waals surface area contributed by atoms with Crippen LogP contribution in [0.1, 0.15) is 39.7 Å². The molecule has 3 N–H and O–H groups in total. The third-order valence-corrected chi connectivity index (χ3v) is 11.0. The second-order valence-electron chi connectivity index (χ2n) is 12.7. The Balaban J connectivity index is 0.000000372. The van der Waals surface area contributed by atoms with Crippen molar-refractivity contribution in [3.05, 3.63) is 48.0 Å². The summed E-state index contributed by atoms with van der Waals surface area (Å²) in [5.41, 5.74) is 0.872. The van der Waals surface area contributed by atoms with Gasteiger partial charge in [0.25, 0.3) is 0 Å². The zero-order valence-corrected chi connectivity index (χ0v) is 31.5. The maximum absolute atomic E-state index is 12.8. The molecule has 0 bridgehead atoms. The number of rotatable bonds is 17. The van der Waals surface area contributed by atoms with Crippen LogP contribution in [-0.4, -0.2) is 103 Å². The molecule has 3 aliphatic heterocycles. The zero-order chi connectivity index (χ0) is 37.0. The Morgan fingerprint density at radius 2 is 1.73 bits per heavy atom. The van der Waals surface area contributed by atoms with Crippen LogP contribution in [0.2, 0.25) is 0 Å². The largest absolute Gasteiger partial charge is 0.481 e. The van der Waals surface area contributed by atoms with Gasteiger partial charge in [-0.05, 0) is 69.0 Å². The predicted molar refractivity (Wildman–Crippen MR) is 187 cm³/mol. The summed E-state index contributed by atoms with van der Waals surface area (Å²) in [4.78, 5) is 13.0. The highest BCUT2D eigenvalue weighted by Crippen LogP contribution is 2.48. The molecular weight excluding hydrogens is 707 g/mol. The summed E-state index contributed by atoms with van der Waals surface area (Å²) in [7, 11) is -6.49. The number of hydrogen-bond acceptors (Lipinski definition) is 14. The Labute approximate surface area is 300 Å². The van der Waals surface area contributed by atoms with E-state index in [9.17, 15) is 22.9 Å². The van der Waals surface area contributed by atoms with Crippen molar-refractivity contribution in [2.75, 3.05) is 58.9 Å². The highest BCUT2D eigenvalue weighted by atomic mass is 32.2. The van der Waals surface area contributed by atoms with Gasteiger partial charge in [0.2, 0.25) is 6.79 Å². The zero-order valence-electron chi connectivity index (χ0n) is 29.8. The molecule has 0 aliphatic carbocycles. The van der Waals surface area contributed by atoms with Crippen LogP contribution in [0.3, 0.4) is 0 Å². The van der Waals surface area contributed by atoms with Crippen molar-refractivity contribution in [3.8, 4) is 17.2 Å². The molecule has 0 saturated carbocycles. The fraction of sp³-hybridized carbons (Fsp3) is 0.618. The first-order valence-electron chi connectivity index (χ1n) is 17.1. The van der Waals surface area contributed by atoms with E-state index < -0.39 is 35.7 Å². The van der Waals surface area contributed by atoms with Gasteiger partial charge in [-0.2, -0.15) is 0 Å². The molecule has 2 fully saturated rings. The molecule has 286 valence electrons. The lowest BCUT2D eigenvalue weighted by Gasteiger charge is -2.26. The van der Waals surface area contributed by atoms with E-state index in [2.05, 4.69) is 24.5 Å². The molecule has 2 aromatic carbocycles. The van der Waals surface area contributed by atoms with Crippen LogP contribution in [0.25, 0.3) is 0 Å². The molecular formula is C34H51N2O13PS. The number of aliphatic hydroxyl groups is 1. The number of fused-ring (bicyclic) bond motifs is 2. The summed E-state index contributed by atoms with van der Waals surface area (Å²) in [6.07, 6.45) is -0.0118. The topological polar surface area (TPSA) is 186 Å². The van der Waals surface area contributed by atoms with E-state index in [4.69, 9.17) is 37.5 Å². The van der Waals surface area contributed by atoms with Crippen molar-refractivity contribution >= 4 is 23.5 Å². The van der Waals surface area contributed by atoms with E-state index in [-0.39, 0.29) is 49.6 Å². The van der Waals surface area contributed by atoms with Crippen molar-refractivity contribution in [3.63, 3.8) is 0 Å². The molecule has 3 heterocycles. The van der Waals surface area contributed by atoms with Gasteiger partial charge in [-0.3, -0.25) is 4.57 Å². The van der Waals surface area contributed by atoms with Crippen LogP contribution in [0.5, 0.6) is 17.2 Å². The maximum atomic E-state index is 12.8. The van der Waals surface area contributed by atoms with E-state index in [1.165, 1.54) is 12.1 Å². The van der Waals surface area contributed by atoms with Gasteiger partial charge < -0.3 is 53.2 Å². The molecule has 5 rings (SSSR count). The second kappa shape index (κ2) is 19.2. The predicted octanol–water partition coefficient (Wildman–Crippen LogP) is 4.11. The van der Waals surface area contributed by atoms with E-state index >= 15 is 0 Å². The fourth-order valence-corrected chi connectivity index (χ4v) is 7.51. The highest BCUT2D eigenvalue weighted by molar-refractivity contribution is 7.90. The van der Waals surface area contributed by atoms with Crippen molar-refractivity contribution in [1.82, 2.24) is 10.6 Å². The summed E-state index contributed by atoms with van der Waals surface area (Å²) in [5, 5.41) is 17.0. The molecule has 0 aromatic heterocycles. The van der Waals surface area contributed by atoms with Crippen LogP contribution >= 0.6 is 7.60 Å². The summed E-state index contributed by atoms with van der Waals surface area (Å²) < 4.78 is 77.9. The van der Waals surface area contributed by atoms with Crippen LogP contribution in [0, 0.1) is 11.8 Å². The number of amides is 1. The van der Waals surface area contributed by atoms with Gasteiger partial charge in [0.15, 0.2) is 34.0 Å². The molecule has 0 spiro atoms. The fourth-order valence-electron chi connectivity index (χ4n) is 5.56. The average Bonchev–Trinajstić information content (AvgIpc) is 3.83. The third kappa shape index (κ3) is 12.6. The van der Waals surface area contributed by atoms with Gasteiger partial charge in [0.05, 0.1) is 49.4 Å². The summed E-state index contributed by atoms with van der Waals surface area (Å²) in [6.45, 7) is 10.3. The number of benzene rings is 2. The van der Waals surface area contributed by atoms with Crippen LogP contribution in [0.4, 0.5) is 4.79 Å². The average molecular weight is 759 g/mol. The minimum absolute atomic E-state index is 0.0325. The molecule has 0 radical (unpaired) electrons. The van der Waals surface area contributed by atoms with Crippen LogP contribution < -0.4 is 24.8 Å².